The average Bonchev–Trinajstić information content (AvgIpc) is 2.21. The van der Waals surface area contributed by atoms with E-state index in [9.17, 15) is 5.11 Å². The second-order valence-corrected chi connectivity index (χ2v) is 6.71. The van der Waals surface area contributed by atoms with Crippen molar-refractivity contribution in [3.8, 4) is 5.75 Å². The summed E-state index contributed by atoms with van der Waals surface area (Å²) in [5.74, 6) is 0.464. The lowest BCUT2D eigenvalue weighted by molar-refractivity contribution is 0.423. The van der Waals surface area contributed by atoms with Gasteiger partial charge in [0.15, 0.2) is 0 Å². The molecule has 18 heavy (non-hydrogen) atoms. The molecule has 1 aromatic rings. The highest BCUT2D eigenvalue weighted by Gasteiger charge is 2.25. The minimum absolute atomic E-state index is 0.0178. The Morgan fingerprint density at radius 3 is 1.28 bits per heavy atom. The quantitative estimate of drug-likeness (QED) is 0.660. The van der Waals surface area contributed by atoms with Gasteiger partial charge in [-0.05, 0) is 28.9 Å². The Morgan fingerprint density at radius 1 is 0.778 bits per heavy atom. The van der Waals surface area contributed by atoms with Crippen LogP contribution in [0, 0.1) is 6.92 Å². The fourth-order valence-corrected chi connectivity index (χ4v) is 1.92. The van der Waals surface area contributed by atoms with Crippen LogP contribution in [0.3, 0.4) is 0 Å². The number of aromatic hydroxyl groups is 1. The SMILES string of the molecule is CC.Cc1cc(C(C)(C)C)c(O)c(C(C)(C)C)c1. The predicted octanol–water partition coefficient (Wildman–Crippen LogP) is 5.32. The van der Waals surface area contributed by atoms with Crippen molar-refractivity contribution < 1.29 is 5.11 Å². The van der Waals surface area contributed by atoms with Crippen LogP contribution < -0.4 is 0 Å². The molecule has 0 aromatic heterocycles. The molecule has 1 N–H and O–H groups in total. The molecule has 0 aliphatic carbocycles. The summed E-state index contributed by atoms with van der Waals surface area (Å²) < 4.78 is 0. The van der Waals surface area contributed by atoms with Gasteiger partial charge in [-0.25, -0.2) is 0 Å². The Morgan fingerprint density at radius 2 is 1.06 bits per heavy atom. The minimum Gasteiger partial charge on any atom is -0.507 e. The van der Waals surface area contributed by atoms with E-state index in [1.807, 2.05) is 13.8 Å². The highest BCUT2D eigenvalue weighted by Crippen LogP contribution is 2.39. The van der Waals surface area contributed by atoms with Gasteiger partial charge in [-0.1, -0.05) is 73.1 Å². The van der Waals surface area contributed by atoms with E-state index < -0.39 is 0 Å². The Balaban J connectivity index is 0.00000137. The summed E-state index contributed by atoms with van der Waals surface area (Å²) in [7, 11) is 0. The second-order valence-electron chi connectivity index (χ2n) is 6.71. The number of aryl methyl sites for hydroxylation is 1. The van der Waals surface area contributed by atoms with Gasteiger partial charge in [0.1, 0.15) is 5.75 Å². The van der Waals surface area contributed by atoms with Crippen molar-refractivity contribution in [2.45, 2.75) is 73.1 Å². The van der Waals surface area contributed by atoms with Gasteiger partial charge < -0.3 is 5.11 Å². The topological polar surface area (TPSA) is 20.2 Å². The summed E-state index contributed by atoms with van der Waals surface area (Å²) in [6.45, 7) is 18.9. The maximum Gasteiger partial charge on any atom is 0.123 e. The third-order valence-electron chi connectivity index (χ3n) is 2.87. The van der Waals surface area contributed by atoms with Crippen molar-refractivity contribution in [3.63, 3.8) is 0 Å². The fourth-order valence-electron chi connectivity index (χ4n) is 1.92. The lowest BCUT2D eigenvalue weighted by atomic mass is 9.78. The van der Waals surface area contributed by atoms with E-state index in [1.165, 1.54) is 5.56 Å². The molecule has 1 nitrogen and oxygen atoms in total. The van der Waals surface area contributed by atoms with Gasteiger partial charge in [-0.3, -0.25) is 0 Å². The van der Waals surface area contributed by atoms with Crippen LogP contribution >= 0.6 is 0 Å². The largest absolute Gasteiger partial charge is 0.507 e. The Labute approximate surface area is 113 Å². The molecule has 0 saturated carbocycles. The Hall–Kier alpha value is -0.980. The predicted molar refractivity (Wildman–Crippen MR) is 81.6 cm³/mol. The molecule has 0 unspecified atom stereocenters. The molecule has 0 spiro atoms. The molecule has 0 radical (unpaired) electrons. The smallest absolute Gasteiger partial charge is 0.123 e. The molecule has 1 aromatic carbocycles. The summed E-state index contributed by atoms with van der Waals surface area (Å²) in [6.07, 6.45) is 0. The standard InChI is InChI=1S/C15H24O.C2H6/c1-10-8-11(14(2,3)4)13(16)12(9-10)15(5,6)7;1-2/h8-9,16H,1-7H3;1-2H3. The summed E-state index contributed by atoms with van der Waals surface area (Å²) in [6, 6.07) is 4.18. The molecule has 1 heteroatoms. The van der Waals surface area contributed by atoms with Crippen molar-refractivity contribution in [3.05, 3.63) is 28.8 Å². The number of hydrogen-bond acceptors (Lipinski definition) is 1. The van der Waals surface area contributed by atoms with Crippen LogP contribution in [0.5, 0.6) is 5.75 Å². The van der Waals surface area contributed by atoms with E-state index in [4.69, 9.17) is 0 Å². The molecular formula is C17H30O. The normalized spacial score (nSPS) is 11.8. The summed E-state index contributed by atoms with van der Waals surface area (Å²) in [4.78, 5) is 0. The second kappa shape index (κ2) is 5.77. The van der Waals surface area contributed by atoms with E-state index in [1.54, 1.807) is 0 Å². The monoisotopic (exact) mass is 250 g/mol. The van der Waals surface area contributed by atoms with Crippen LogP contribution in [0.25, 0.3) is 0 Å². The first-order chi connectivity index (χ1) is 8.03. The number of hydrogen-bond donors (Lipinski definition) is 1. The first kappa shape index (κ1) is 17.0. The van der Waals surface area contributed by atoms with Gasteiger partial charge in [-0.2, -0.15) is 0 Å². The van der Waals surface area contributed by atoms with E-state index in [0.717, 1.165) is 11.1 Å². The molecule has 0 heterocycles. The van der Waals surface area contributed by atoms with Gasteiger partial charge >= 0.3 is 0 Å². The highest BCUT2D eigenvalue weighted by atomic mass is 16.3. The molecule has 1 rings (SSSR count). The van der Waals surface area contributed by atoms with Crippen LogP contribution in [0.15, 0.2) is 12.1 Å². The fraction of sp³-hybridized carbons (Fsp3) is 0.647. The van der Waals surface area contributed by atoms with Gasteiger partial charge in [0, 0.05) is 0 Å². The summed E-state index contributed by atoms with van der Waals surface area (Å²) in [5.41, 5.74) is 3.26. The van der Waals surface area contributed by atoms with Crippen molar-refractivity contribution in [2.24, 2.45) is 0 Å². The zero-order chi connectivity index (χ0) is 14.7. The first-order valence-corrected chi connectivity index (χ1v) is 6.88. The van der Waals surface area contributed by atoms with Crippen LogP contribution in [0.2, 0.25) is 0 Å². The average molecular weight is 250 g/mol. The highest BCUT2D eigenvalue weighted by molar-refractivity contribution is 5.49. The molecule has 0 atom stereocenters. The lowest BCUT2D eigenvalue weighted by Gasteiger charge is -2.27. The van der Waals surface area contributed by atoms with Gasteiger partial charge in [0.05, 0.1) is 0 Å². The molecule has 0 amide bonds. The molecule has 0 aliphatic heterocycles. The van der Waals surface area contributed by atoms with Crippen LogP contribution in [-0.2, 0) is 10.8 Å². The van der Waals surface area contributed by atoms with E-state index >= 15 is 0 Å². The Bertz CT molecular complexity index is 354. The maximum absolute atomic E-state index is 10.4. The molecule has 0 fully saturated rings. The van der Waals surface area contributed by atoms with Crippen LogP contribution in [-0.4, -0.2) is 5.11 Å². The van der Waals surface area contributed by atoms with Crippen molar-refractivity contribution >= 4 is 0 Å². The molecule has 0 bridgehead atoms. The van der Waals surface area contributed by atoms with E-state index in [-0.39, 0.29) is 10.8 Å². The summed E-state index contributed by atoms with van der Waals surface area (Å²) in [5, 5.41) is 10.4. The molecule has 0 saturated heterocycles. The van der Waals surface area contributed by atoms with Crippen molar-refractivity contribution in [1.82, 2.24) is 0 Å². The van der Waals surface area contributed by atoms with Crippen LogP contribution in [0.4, 0.5) is 0 Å². The molecular weight excluding hydrogens is 220 g/mol. The first-order valence-electron chi connectivity index (χ1n) is 6.88. The minimum atomic E-state index is -0.0178. The molecule has 0 aliphatic rings. The zero-order valence-electron chi connectivity index (χ0n) is 13.6. The van der Waals surface area contributed by atoms with E-state index in [0.29, 0.717) is 5.75 Å². The van der Waals surface area contributed by atoms with Gasteiger partial charge in [0.2, 0.25) is 0 Å². The maximum atomic E-state index is 10.4. The summed E-state index contributed by atoms with van der Waals surface area (Å²) >= 11 is 0. The number of phenolic OH excluding ortho intramolecular Hbond substituents is 1. The van der Waals surface area contributed by atoms with Crippen molar-refractivity contribution in [1.29, 1.82) is 0 Å². The van der Waals surface area contributed by atoms with Gasteiger partial charge in [0.25, 0.3) is 0 Å². The number of phenols is 1. The van der Waals surface area contributed by atoms with Crippen LogP contribution in [0.1, 0.15) is 72.1 Å². The van der Waals surface area contributed by atoms with E-state index in [2.05, 4.69) is 60.6 Å². The third-order valence-corrected chi connectivity index (χ3v) is 2.87. The zero-order valence-corrected chi connectivity index (χ0v) is 13.6. The molecule has 104 valence electrons. The third kappa shape index (κ3) is 4.04. The number of rotatable bonds is 0. The van der Waals surface area contributed by atoms with Crippen molar-refractivity contribution in [2.75, 3.05) is 0 Å². The van der Waals surface area contributed by atoms with Gasteiger partial charge in [-0.15, -0.1) is 0 Å². The lowest BCUT2D eigenvalue weighted by Crippen LogP contribution is -2.17. The Kier molecular flexibility index (Phi) is 5.46. The number of benzene rings is 1.